The van der Waals surface area contributed by atoms with Gasteiger partial charge in [-0.3, -0.25) is 4.79 Å². The zero-order valence-corrected chi connectivity index (χ0v) is 12.3. The van der Waals surface area contributed by atoms with Crippen LogP contribution in [0.5, 0.6) is 0 Å². The minimum atomic E-state index is -0.670. The van der Waals surface area contributed by atoms with Crippen LogP contribution in [0.25, 0.3) is 0 Å². The minimum Gasteiger partial charge on any atom is -0.392 e. The third kappa shape index (κ3) is 3.95. The predicted octanol–water partition coefficient (Wildman–Crippen LogP) is 2.77. The van der Waals surface area contributed by atoms with E-state index in [4.69, 9.17) is 18.0 Å². The summed E-state index contributed by atoms with van der Waals surface area (Å²) in [6.45, 7) is 8.13. The Hall–Kier alpha value is -0.640. The molecule has 4 heteroatoms. The lowest BCUT2D eigenvalue weighted by Crippen LogP contribution is -2.51. The zero-order valence-electron chi connectivity index (χ0n) is 11.5. The maximum atomic E-state index is 12.3. The number of hydrogen-bond donors (Lipinski definition) is 2. The largest absolute Gasteiger partial charge is 0.392 e. The standard InChI is InChI=1S/C13H26N2OS/c1-5-9-10(6-2)15-12(16)13(7-3,8-4)11(14)17/h10H,5-9H2,1-4H3,(H2,14,17)(H,15,16). The molecule has 0 rings (SSSR count). The van der Waals surface area contributed by atoms with Crippen molar-refractivity contribution in [3.05, 3.63) is 0 Å². The number of carbonyl (C=O) groups excluding carboxylic acids is 1. The van der Waals surface area contributed by atoms with Crippen LogP contribution in [0.15, 0.2) is 0 Å². The molecule has 1 unspecified atom stereocenters. The van der Waals surface area contributed by atoms with E-state index in [1.807, 2.05) is 13.8 Å². The van der Waals surface area contributed by atoms with Gasteiger partial charge in [0.15, 0.2) is 0 Å². The van der Waals surface area contributed by atoms with Crippen LogP contribution < -0.4 is 11.1 Å². The summed E-state index contributed by atoms with van der Waals surface area (Å²) in [7, 11) is 0. The van der Waals surface area contributed by atoms with E-state index in [0.717, 1.165) is 19.3 Å². The van der Waals surface area contributed by atoms with Crippen LogP contribution >= 0.6 is 12.2 Å². The molecule has 0 saturated heterocycles. The van der Waals surface area contributed by atoms with Gasteiger partial charge in [0.25, 0.3) is 0 Å². The van der Waals surface area contributed by atoms with Gasteiger partial charge in [0.1, 0.15) is 0 Å². The zero-order chi connectivity index (χ0) is 13.5. The molecule has 0 aliphatic heterocycles. The fraction of sp³-hybridized carbons (Fsp3) is 0.846. The fourth-order valence-corrected chi connectivity index (χ4v) is 2.46. The highest BCUT2D eigenvalue weighted by Crippen LogP contribution is 2.27. The third-order valence-electron chi connectivity index (χ3n) is 3.58. The number of amides is 1. The molecule has 1 atom stereocenters. The minimum absolute atomic E-state index is 0.00435. The number of nitrogens with one attached hydrogen (secondary N) is 1. The Morgan fingerprint density at radius 3 is 2.12 bits per heavy atom. The molecule has 17 heavy (non-hydrogen) atoms. The molecule has 0 aromatic heterocycles. The first-order chi connectivity index (χ1) is 7.98. The molecule has 0 radical (unpaired) electrons. The van der Waals surface area contributed by atoms with Crippen LogP contribution in [0.3, 0.4) is 0 Å². The highest BCUT2D eigenvalue weighted by molar-refractivity contribution is 7.80. The number of carbonyl (C=O) groups is 1. The van der Waals surface area contributed by atoms with E-state index in [-0.39, 0.29) is 11.9 Å². The van der Waals surface area contributed by atoms with Crippen molar-refractivity contribution >= 4 is 23.1 Å². The summed E-state index contributed by atoms with van der Waals surface area (Å²) in [5, 5.41) is 3.09. The third-order valence-corrected chi connectivity index (χ3v) is 3.97. The van der Waals surface area contributed by atoms with Crippen molar-refractivity contribution in [2.45, 2.75) is 65.8 Å². The van der Waals surface area contributed by atoms with Gasteiger partial charge in [-0.25, -0.2) is 0 Å². The lowest BCUT2D eigenvalue weighted by molar-refractivity contribution is -0.128. The second-order valence-electron chi connectivity index (χ2n) is 4.52. The van der Waals surface area contributed by atoms with Crippen molar-refractivity contribution in [3.8, 4) is 0 Å². The fourth-order valence-electron chi connectivity index (χ4n) is 2.08. The number of rotatable bonds is 8. The van der Waals surface area contributed by atoms with E-state index < -0.39 is 5.41 Å². The molecule has 0 fully saturated rings. The van der Waals surface area contributed by atoms with Crippen molar-refractivity contribution in [2.24, 2.45) is 11.1 Å². The van der Waals surface area contributed by atoms with Gasteiger partial charge in [-0.1, -0.05) is 46.3 Å². The second kappa shape index (κ2) is 7.64. The van der Waals surface area contributed by atoms with E-state index in [2.05, 4.69) is 19.2 Å². The Labute approximate surface area is 111 Å². The summed E-state index contributed by atoms with van der Waals surface area (Å²) in [6, 6.07) is 0.235. The van der Waals surface area contributed by atoms with Crippen LogP contribution in [0.4, 0.5) is 0 Å². The molecule has 0 saturated carbocycles. The van der Waals surface area contributed by atoms with Crippen LogP contribution in [0, 0.1) is 5.41 Å². The van der Waals surface area contributed by atoms with Crippen LogP contribution in [0.1, 0.15) is 59.8 Å². The van der Waals surface area contributed by atoms with E-state index in [1.54, 1.807) is 0 Å². The highest BCUT2D eigenvalue weighted by atomic mass is 32.1. The molecule has 0 aromatic rings. The highest BCUT2D eigenvalue weighted by Gasteiger charge is 2.38. The predicted molar refractivity (Wildman–Crippen MR) is 76.9 cm³/mol. The summed E-state index contributed by atoms with van der Waals surface area (Å²) in [4.78, 5) is 12.6. The SMILES string of the molecule is CCCC(CC)NC(=O)C(CC)(CC)C(N)=S. The van der Waals surface area contributed by atoms with Crippen molar-refractivity contribution in [3.63, 3.8) is 0 Å². The molecule has 100 valence electrons. The number of hydrogen-bond acceptors (Lipinski definition) is 2. The van der Waals surface area contributed by atoms with Gasteiger partial charge >= 0.3 is 0 Å². The Morgan fingerprint density at radius 1 is 1.29 bits per heavy atom. The maximum Gasteiger partial charge on any atom is 0.233 e. The van der Waals surface area contributed by atoms with E-state index in [9.17, 15) is 4.79 Å². The van der Waals surface area contributed by atoms with E-state index >= 15 is 0 Å². The van der Waals surface area contributed by atoms with Gasteiger partial charge in [0, 0.05) is 6.04 Å². The average molecular weight is 258 g/mol. The van der Waals surface area contributed by atoms with Gasteiger partial charge in [0.2, 0.25) is 5.91 Å². The quantitative estimate of drug-likeness (QED) is 0.658. The molecule has 3 N–H and O–H groups in total. The van der Waals surface area contributed by atoms with Gasteiger partial charge < -0.3 is 11.1 Å². The first kappa shape index (κ1) is 16.4. The van der Waals surface area contributed by atoms with Crippen molar-refractivity contribution < 1.29 is 4.79 Å². The Balaban J connectivity index is 4.79. The summed E-state index contributed by atoms with van der Waals surface area (Å²) in [6.07, 6.45) is 4.33. The molecule has 3 nitrogen and oxygen atoms in total. The molecule has 0 aromatic carbocycles. The smallest absolute Gasteiger partial charge is 0.233 e. The summed E-state index contributed by atoms with van der Waals surface area (Å²) >= 11 is 5.07. The van der Waals surface area contributed by atoms with Gasteiger partial charge in [-0.15, -0.1) is 0 Å². The molecular formula is C13H26N2OS. The van der Waals surface area contributed by atoms with Crippen molar-refractivity contribution in [2.75, 3.05) is 0 Å². The summed E-state index contributed by atoms with van der Waals surface area (Å²) in [5.41, 5.74) is 5.09. The molecule has 1 amide bonds. The molecule has 0 aliphatic carbocycles. The normalized spacial score (nSPS) is 13.2. The maximum absolute atomic E-state index is 12.3. The van der Waals surface area contributed by atoms with Crippen LogP contribution in [-0.2, 0) is 4.79 Å². The number of thiocarbonyl (C=S) groups is 1. The van der Waals surface area contributed by atoms with Crippen LogP contribution in [0.2, 0.25) is 0 Å². The van der Waals surface area contributed by atoms with Crippen molar-refractivity contribution in [1.82, 2.24) is 5.32 Å². The van der Waals surface area contributed by atoms with Gasteiger partial charge in [-0.2, -0.15) is 0 Å². The lowest BCUT2D eigenvalue weighted by Gasteiger charge is -2.31. The lowest BCUT2D eigenvalue weighted by atomic mass is 9.81. The van der Waals surface area contributed by atoms with Crippen LogP contribution in [-0.4, -0.2) is 16.9 Å². The van der Waals surface area contributed by atoms with E-state index in [1.165, 1.54) is 0 Å². The number of nitrogens with two attached hydrogens (primary N) is 1. The summed E-state index contributed by atoms with van der Waals surface area (Å²) < 4.78 is 0. The van der Waals surface area contributed by atoms with Crippen molar-refractivity contribution in [1.29, 1.82) is 0 Å². The van der Waals surface area contributed by atoms with Gasteiger partial charge in [-0.05, 0) is 25.7 Å². The summed E-state index contributed by atoms with van der Waals surface area (Å²) in [5.74, 6) is -0.00435. The Bertz CT molecular complexity index is 262. The molecule has 0 bridgehead atoms. The van der Waals surface area contributed by atoms with Gasteiger partial charge in [0.05, 0.1) is 10.4 Å². The average Bonchev–Trinajstić information content (AvgIpc) is 2.30. The first-order valence-electron chi connectivity index (χ1n) is 6.59. The first-order valence-corrected chi connectivity index (χ1v) is 7.00. The Kier molecular flexibility index (Phi) is 7.35. The molecule has 0 aliphatic rings. The second-order valence-corrected chi connectivity index (χ2v) is 4.96. The molecule has 0 spiro atoms. The monoisotopic (exact) mass is 258 g/mol. The van der Waals surface area contributed by atoms with E-state index in [0.29, 0.717) is 17.8 Å². The topological polar surface area (TPSA) is 55.1 Å². The Morgan fingerprint density at radius 2 is 1.82 bits per heavy atom. The molecule has 0 heterocycles. The molecular weight excluding hydrogens is 232 g/mol.